The number of hydrogen-bond donors (Lipinski definition) is 1. The van der Waals surface area contributed by atoms with E-state index in [0.29, 0.717) is 6.54 Å². The van der Waals surface area contributed by atoms with E-state index in [1.54, 1.807) is 0 Å². The van der Waals surface area contributed by atoms with Crippen molar-refractivity contribution in [3.05, 3.63) is 0 Å². The van der Waals surface area contributed by atoms with Gasteiger partial charge in [0, 0.05) is 39.3 Å². The van der Waals surface area contributed by atoms with Gasteiger partial charge in [0.25, 0.3) is 0 Å². The molecule has 0 aromatic rings. The van der Waals surface area contributed by atoms with Crippen LogP contribution in [0.3, 0.4) is 0 Å². The molecule has 0 atom stereocenters. The highest BCUT2D eigenvalue weighted by Gasteiger charge is 2.23. The van der Waals surface area contributed by atoms with E-state index in [1.165, 1.54) is 25.8 Å². The molecule has 0 amide bonds. The average Bonchev–Trinajstić information content (AvgIpc) is 2.22. The van der Waals surface area contributed by atoms with Gasteiger partial charge in [-0.2, -0.15) is 0 Å². The lowest BCUT2D eigenvalue weighted by atomic mass is 9.85. The number of hydrogen-bond acceptors (Lipinski definition) is 3. The lowest BCUT2D eigenvalue weighted by molar-refractivity contribution is -0.137. The molecule has 0 radical (unpaired) electrons. The Hall–Kier alpha value is -0.610. The Balaban J connectivity index is 1.60. The van der Waals surface area contributed by atoms with Gasteiger partial charge in [0.2, 0.25) is 0 Å². The van der Waals surface area contributed by atoms with Crippen molar-refractivity contribution in [1.29, 1.82) is 0 Å². The smallest absolute Gasteiger partial charge is 0.304 e. The monoisotopic (exact) mass is 226 g/mol. The van der Waals surface area contributed by atoms with Crippen molar-refractivity contribution < 1.29 is 9.90 Å². The number of nitrogens with zero attached hydrogens (tertiary/aromatic N) is 2. The molecule has 1 N–H and O–H groups in total. The zero-order valence-corrected chi connectivity index (χ0v) is 9.90. The summed E-state index contributed by atoms with van der Waals surface area (Å²) in [6, 6.07) is 0. The Morgan fingerprint density at radius 2 is 1.75 bits per heavy atom. The molecular weight excluding hydrogens is 204 g/mol. The number of piperazine rings is 1. The summed E-state index contributed by atoms with van der Waals surface area (Å²) < 4.78 is 0. The molecule has 1 aliphatic carbocycles. The van der Waals surface area contributed by atoms with Gasteiger partial charge >= 0.3 is 5.97 Å². The van der Waals surface area contributed by atoms with E-state index in [-0.39, 0.29) is 6.42 Å². The van der Waals surface area contributed by atoms with Crippen LogP contribution in [0.1, 0.15) is 25.7 Å². The summed E-state index contributed by atoms with van der Waals surface area (Å²) in [5, 5.41) is 8.62. The molecule has 92 valence electrons. The Morgan fingerprint density at radius 3 is 2.25 bits per heavy atom. The van der Waals surface area contributed by atoms with Gasteiger partial charge in [0.15, 0.2) is 0 Å². The fourth-order valence-corrected chi connectivity index (χ4v) is 2.49. The number of carbonyl (C=O) groups is 1. The van der Waals surface area contributed by atoms with E-state index in [0.717, 1.165) is 32.1 Å². The number of carboxylic acids is 1. The predicted molar refractivity (Wildman–Crippen MR) is 62.5 cm³/mol. The van der Waals surface area contributed by atoms with Crippen LogP contribution in [0.15, 0.2) is 0 Å². The first-order valence-corrected chi connectivity index (χ1v) is 6.40. The third-order valence-corrected chi connectivity index (χ3v) is 3.85. The fraction of sp³-hybridized carbons (Fsp3) is 0.917. The molecule has 0 bridgehead atoms. The molecular formula is C12H22N2O2. The highest BCUT2D eigenvalue weighted by Crippen LogP contribution is 2.27. The van der Waals surface area contributed by atoms with Gasteiger partial charge in [-0.15, -0.1) is 0 Å². The van der Waals surface area contributed by atoms with Gasteiger partial charge in [0.05, 0.1) is 6.42 Å². The van der Waals surface area contributed by atoms with E-state index in [2.05, 4.69) is 9.80 Å². The highest BCUT2D eigenvalue weighted by molar-refractivity contribution is 5.66. The normalized spacial score (nSPS) is 24.2. The number of rotatable bonds is 5. The van der Waals surface area contributed by atoms with Gasteiger partial charge in [-0.25, -0.2) is 0 Å². The Kier molecular flexibility index (Phi) is 4.18. The molecule has 4 nitrogen and oxygen atoms in total. The summed E-state index contributed by atoms with van der Waals surface area (Å²) >= 11 is 0. The van der Waals surface area contributed by atoms with Crippen LogP contribution in [-0.2, 0) is 4.79 Å². The van der Waals surface area contributed by atoms with Gasteiger partial charge in [-0.05, 0) is 18.8 Å². The minimum absolute atomic E-state index is 0.280. The molecule has 16 heavy (non-hydrogen) atoms. The average molecular weight is 226 g/mol. The van der Waals surface area contributed by atoms with E-state index >= 15 is 0 Å². The van der Waals surface area contributed by atoms with Crippen molar-refractivity contribution in [3.63, 3.8) is 0 Å². The third kappa shape index (κ3) is 3.46. The first kappa shape index (κ1) is 11.9. The summed E-state index contributed by atoms with van der Waals surface area (Å²) in [6.45, 7) is 6.31. The minimum atomic E-state index is -0.683. The van der Waals surface area contributed by atoms with Crippen LogP contribution < -0.4 is 0 Å². The summed E-state index contributed by atoms with van der Waals surface area (Å²) in [7, 11) is 0. The molecule has 0 unspecified atom stereocenters. The second-order valence-electron chi connectivity index (χ2n) is 5.08. The third-order valence-electron chi connectivity index (χ3n) is 3.85. The molecule has 1 saturated carbocycles. The van der Waals surface area contributed by atoms with Crippen molar-refractivity contribution in [1.82, 2.24) is 9.80 Å². The van der Waals surface area contributed by atoms with E-state index in [9.17, 15) is 4.79 Å². The fourth-order valence-electron chi connectivity index (χ4n) is 2.49. The maximum absolute atomic E-state index is 10.5. The molecule has 0 aromatic carbocycles. The Bertz CT molecular complexity index is 233. The topological polar surface area (TPSA) is 43.8 Å². The maximum atomic E-state index is 10.5. The van der Waals surface area contributed by atoms with Crippen LogP contribution in [0.4, 0.5) is 0 Å². The van der Waals surface area contributed by atoms with Crippen LogP contribution >= 0.6 is 0 Å². The van der Waals surface area contributed by atoms with Crippen molar-refractivity contribution in [2.45, 2.75) is 25.7 Å². The van der Waals surface area contributed by atoms with Crippen molar-refractivity contribution in [2.24, 2.45) is 5.92 Å². The molecule has 2 rings (SSSR count). The first-order valence-electron chi connectivity index (χ1n) is 6.40. The summed E-state index contributed by atoms with van der Waals surface area (Å²) in [5.41, 5.74) is 0. The van der Waals surface area contributed by atoms with E-state index in [1.807, 2.05) is 0 Å². The quantitative estimate of drug-likeness (QED) is 0.756. The second-order valence-corrected chi connectivity index (χ2v) is 5.08. The molecule has 4 heteroatoms. The molecule has 1 saturated heterocycles. The SMILES string of the molecule is O=C(O)CCN1CCN(CC2CCC2)CC1. The van der Waals surface area contributed by atoms with Gasteiger partial charge in [-0.3, -0.25) is 4.79 Å². The maximum Gasteiger partial charge on any atom is 0.304 e. The zero-order chi connectivity index (χ0) is 11.4. The van der Waals surface area contributed by atoms with Gasteiger partial charge in [0.1, 0.15) is 0 Å². The van der Waals surface area contributed by atoms with Crippen LogP contribution in [0.25, 0.3) is 0 Å². The molecule has 2 aliphatic rings. The highest BCUT2D eigenvalue weighted by atomic mass is 16.4. The van der Waals surface area contributed by atoms with Crippen molar-refractivity contribution >= 4 is 5.97 Å². The molecule has 0 spiro atoms. The molecule has 2 fully saturated rings. The summed E-state index contributed by atoms with van der Waals surface area (Å²) in [6.07, 6.45) is 4.53. The summed E-state index contributed by atoms with van der Waals surface area (Å²) in [5.74, 6) is 0.266. The lowest BCUT2D eigenvalue weighted by Gasteiger charge is -2.38. The van der Waals surface area contributed by atoms with Crippen LogP contribution in [-0.4, -0.2) is 60.1 Å². The van der Waals surface area contributed by atoms with Crippen LogP contribution in [0, 0.1) is 5.92 Å². The number of carboxylic acid groups (broad SMARTS) is 1. The molecule has 0 aromatic heterocycles. The first-order chi connectivity index (χ1) is 7.74. The Morgan fingerprint density at radius 1 is 1.12 bits per heavy atom. The van der Waals surface area contributed by atoms with E-state index < -0.39 is 5.97 Å². The minimum Gasteiger partial charge on any atom is -0.481 e. The van der Waals surface area contributed by atoms with Gasteiger partial charge < -0.3 is 14.9 Å². The van der Waals surface area contributed by atoms with E-state index in [4.69, 9.17) is 5.11 Å². The molecule has 1 heterocycles. The standard InChI is InChI=1S/C12H22N2O2/c15-12(16)4-5-13-6-8-14(9-7-13)10-11-2-1-3-11/h11H,1-10H2,(H,15,16). The second kappa shape index (κ2) is 5.64. The predicted octanol–water partition coefficient (Wildman–Crippen LogP) is 0.879. The molecule has 1 aliphatic heterocycles. The van der Waals surface area contributed by atoms with Crippen molar-refractivity contribution in [3.8, 4) is 0 Å². The van der Waals surface area contributed by atoms with Crippen LogP contribution in [0.5, 0.6) is 0 Å². The largest absolute Gasteiger partial charge is 0.481 e. The van der Waals surface area contributed by atoms with Crippen LogP contribution in [0.2, 0.25) is 0 Å². The summed E-state index contributed by atoms with van der Waals surface area (Å²) in [4.78, 5) is 15.3. The van der Waals surface area contributed by atoms with Gasteiger partial charge in [-0.1, -0.05) is 6.42 Å². The lowest BCUT2D eigenvalue weighted by Crippen LogP contribution is -2.48. The Labute approximate surface area is 97.2 Å². The van der Waals surface area contributed by atoms with Crippen molar-refractivity contribution in [2.75, 3.05) is 39.3 Å². The number of aliphatic carboxylic acids is 1. The zero-order valence-electron chi connectivity index (χ0n) is 9.90.